The number of ether oxygens (including phenoxy) is 4. The van der Waals surface area contributed by atoms with E-state index in [1.54, 1.807) is 18.2 Å². The summed E-state index contributed by atoms with van der Waals surface area (Å²) in [5.41, 5.74) is 0.869. The number of hydrogen-bond acceptors (Lipinski definition) is 8. The molecule has 0 bridgehead atoms. The number of aryl methyl sites for hydroxylation is 2. The Balaban J connectivity index is 1.43. The molecule has 10 nitrogen and oxygen atoms in total. The molecule has 10 heteroatoms. The number of hydrogen-bond donors (Lipinski definition) is 1. The lowest BCUT2D eigenvalue weighted by Gasteiger charge is -2.33. The molecule has 1 aliphatic rings. The number of carbonyl (C=O) groups excluding carboxylic acids is 1. The van der Waals surface area contributed by atoms with Crippen LogP contribution >= 0.6 is 0 Å². The molecular weight excluding hydrogens is 512 g/mol. The molecule has 0 spiro atoms. The normalized spacial score (nSPS) is 17.9. The highest BCUT2D eigenvalue weighted by Gasteiger charge is 2.37. The third-order valence-corrected chi connectivity index (χ3v) is 6.82. The number of methoxy groups -OCH3 is 2. The predicted octanol–water partition coefficient (Wildman–Crippen LogP) is 2.77. The summed E-state index contributed by atoms with van der Waals surface area (Å²) >= 11 is 0. The summed E-state index contributed by atoms with van der Waals surface area (Å²) < 4.78 is 24.5. The summed E-state index contributed by atoms with van der Waals surface area (Å²) in [6.07, 6.45) is 4.50. The monoisotopic (exact) mass is 552 g/mol. The van der Waals surface area contributed by atoms with E-state index in [4.69, 9.17) is 18.9 Å². The Morgan fingerprint density at radius 1 is 1.05 bits per heavy atom. The first-order valence-corrected chi connectivity index (χ1v) is 13.6. The third-order valence-electron chi connectivity index (χ3n) is 6.82. The number of rotatable bonds is 13. The first-order chi connectivity index (χ1) is 19.4. The van der Waals surface area contributed by atoms with Gasteiger partial charge in [-0.25, -0.2) is 0 Å². The quantitative estimate of drug-likeness (QED) is 0.324. The highest BCUT2D eigenvalue weighted by Crippen LogP contribution is 2.29. The minimum Gasteiger partial charge on any atom is -0.493 e. The molecule has 0 saturated carbocycles. The van der Waals surface area contributed by atoms with E-state index in [0.29, 0.717) is 50.0 Å². The van der Waals surface area contributed by atoms with Crippen molar-refractivity contribution in [3.8, 4) is 17.2 Å². The molecule has 1 aliphatic heterocycles. The lowest BCUT2D eigenvalue weighted by atomic mass is 10.0. The number of β-amino-alcohol motifs (C(OH)–C–C–N with tert-alkyl or cyclic N) is 1. The Morgan fingerprint density at radius 3 is 2.60 bits per heavy atom. The second-order valence-electron chi connectivity index (χ2n) is 10.2. The zero-order valence-electron chi connectivity index (χ0n) is 23.6. The van der Waals surface area contributed by atoms with Crippen molar-refractivity contribution in [2.75, 3.05) is 60.2 Å². The van der Waals surface area contributed by atoms with Gasteiger partial charge in [-0.15, -0.1) is 0 Å². The van der Waals surface area contributed by atoms with Crippen molar-refractivity contribution in [3.05, 3.63) is 72.1 Å². The van der Waals surface area contributed by atoms with Gasteiger partial charge in [-0.2, -0.15) is 5.10 Å². The van der Waals surface area contributed by atoms with Crippen molar-refractivity contribution >= 4 is 5.91 Å². The van der Waals surface area contributed by atoms with Crippen LogP contribution < -0.4 is 14.2 Å². The van der Waals surface area contributed by atoms with Gasteiger partial charge in [-0.05, 0) is 42.8 Å². The van der Waals surface area contributed by atoms with E-state index < -0.39 is 5.60 Å². The average Bonchev–Trinajstić information content (AvgIpc) is 3.41. The number of carbonyl (C=O) groups is 1. The third kappa shape index (κ3) is 8.45. The minimum absolute atomic E-state index is 0.0333. The molecule has 3 aromatic rings. The fourth-order valence-corrected chi connectivity index (χ4v) is 4.78. The standard InChI is InChI=1S/C30H40N4O6/c1-24-6-9-26(10-7-24)40-23-30(36)21-32(15-16-33(22-30)29(35)20-37-2)19-25-8-11-27(38-3)28(18-25)39-17-5-14-34-13-4-12-31-34/h4,6-13,18,36H,5,14-17,19-23H2,1-3H3/t30-/m0/s1. The van der Waals surface area contributed by atoms with Crippen LogP contribution in [-0.2, 0) is 22.6 Å². The molecule has 40 heavy (non-hydrogen) atoms. The molecule has 1 fully saturated rings. The van der Waals surface area contributed by atoms with E-state index in [-0.39, 0.29) is 25.7 Å². The maximum atomic E-state index is 12.7. The summed E-state index contributed by atoms with van der Waals surface area (Å²) in [5.74, 6) is 1.85. The van der Waals surface area contributed by atoms with Gasteiger partial charge in [0.1, 0.15) is 24.6 Å². The van der Waals surface area contributed by atoms with E-state index >= 15 is 0 Å². The topological polar surface area (TPSA) is 98.5 Å². The van der Waals surface area contributed by atoms with Crippen LogP contribution in [0, 0.1) is 6.92 Å². The van der Waals surface area contributed by atoms with Gasteiger partial charge in [0.25, 0.3) is 0 Å². The molecular formula is C30H40N4O6. The first kappa shape index (κ1) is 29.4. The molecule has 1 saturated heterocycles. The molecule has 1 amide bonds. The molecule has 0 unspecified atom stereocenters. The van der Waals surface area contributed by atoms with E-state index in [9.17, 15) is 9.90 Å². The molecule has 0 aliphatic carbocycles. The molecule has 216 valence electrons. The molecule has 0 radical (unpaired) electrons. The Labute approximate surface area is 236 Å². The van der Waals surface area contributed by atoms with Gasteiger partial charge in [0, 0.05) is 58.6 Å². The summed E-state index contributed by atoms with van der Waals surface area (Å²) in [6.45, 7) is 5.44. The number of amides is 1. The Bertz CT molecular complexity index is 1200. The van der Waals surface area contributed by atoms with E-state index in [1.807, 2.05) is 66.3 Å². The van der Waals surface area contributed by atoms with Crippen LogP contribution in [0.4, 0.5) is 0 Å². The van der Waals surface area contributed by atoms with Crippen LogP contribution in [0.1, 0.15) is 17.5 Å². The summed E-state index contributed by atoms with van der Waals surface area (Å²) in [5, 5.41) is 15.9. The van der Waals surface area contributed by atoms with Crippen LogP contribution in [0.2, 0.25) is 0 Å². The minimum atomic E-state index is -1.27. The number of aromatic nitrogens is 2. The maximum Gasteiger partial charge on any atom is 0.248 e. The second-order valence-corrected chi connectivity index (χ2v) is 10.2. The Morgan fingerprint density at radius 2 is 1.88 bits per heavy atom. The summed E-state index contributed by atoms with van der Waals surface area (Å²) in [4.78, 5) is 16.5. The lowest BCUT2D eigenvalue weighted by molar-refractivity contribution is -0.138. The molecule has 2 heterocycles. The van der Waals surface area contributed by atoms with Crippen molar-refractivity contribution < 1.29 is 28.8 Å². The molecule has 4 rings (SSSR count). The summed E-state index contributed by atoms with van der Waals surface area (Å²) in [6, 6.07) is 15.5. The maximum absolute atomic E-state index is 12.7. The molecule has 1 atom stereocenters. The highest BCUT2D eigenvalue weighted by atomic mass is 16.5. The van der Waals surface area contributed by atoms with Crippen molar-refractivity contribution in [1.29, 1.82) is 0 Å². The van der Waals surface area contributed by atoms with Crippen LogP contribution in [-0.4, -0.2) is 96.4 Å². The SMILES string of the molecule is COCC(=O)N1CCN(Cc2ccc(OC)c(OCCCn3cccn3)c2)C[C@@](O)(COc2ccc(C)cc2)C1. The largest absolute Gasteiger partial charge is 0.493 e. The predicted molar refractivity (Wildman–Crippen MR) is 151 cm³/mol. The van der Waals surface area contributed by atoms with Crippen molar-refractivity contribution in [2.24, 2.45) is 0 Å². The number of aliphatic hydroxyl groups is 1. The Hall–Kier alpha value is -3.60. The van der Waals surface area contributed by atoms with Gasteiger partial charge >= 0.3 is 0 Å². The smallest absolute Gasteiger partial charge is 0.248 e. The van der Waals surface area contributed by atoms with E-state index in [2.05, 4.69) is 10.00 Å². The fourth-order valence-electron chi connectivity index (χ4n) is 4.78. The van der Waals surface area contributed by atoms with Gasteiger partial charge in [0.2, 0.25) is 5.91 Å². The van der Waals surface area contributed by atoms with Gasteiger partial charge in [0.05, 0.1) is 20.3 Å². The second kappa shape index (κ2) is 14.2. The highest BCUT2D eigenvalue weighted by molar-refractivity contribution is 5.77. The van der Waals surface area contributed by atoms with E-state index in [1.165, 1.54) is 7.11 Å². The molecule has 1 N–H and O–H groups in total. The van der Waals surface area contributed by atoms with E-state index in [0.717, 1.165) is 24.1 Å². The molecule has 2 aromatic carbocycles. The van der Waals surface area contributed by atoms with Gasteiger partial charge in [-0.3, -0.25) is 14.4 Å². The van der Waals surface area contributed by atoms with Crippen molar-refractivity contribution in [1.82, 2.24) is 19.6 Å². The van der Waals surface area contributed by atoms with Crippen LogP contribution in [0.25, 0.3) is 0 Å². The van der Waals surface area contributed by atoms with Gasteiger partial charge in [-0.1, -0.05) is 23.8 Å². The summed E-state index contributed by atoms with van der Waals surface area (Å²) in [7, 11) is 3.12. The zero-order valence-corrected chi connectivity index (χ0v) is 23.6. The number of benzene rings is 2. The number of nitrogens with zero attached hydrogens (tertiary/aromatic N) is 4. The first-order valence-electron chi connectivity index (χ1n) is 13.6. The Kier molecular flexibility index (Phi) is 10.4. The molecule has 1 aromatic heterocycles. The van der Waals surface area contributed by atoms with Crippen LogP contribution in [0.5, 0.6) is 17.2 Å². The van der Waals surface area contributed by atoms with Crippen molar-refractivity contribution in [2.45, 2.75) is 32.0 Å². The lowest BCUT2D eigenvalue weighted by Crippen LogP contribution is -2.52. The van der Waals surface area contributed by atoms with Gasteiger partial charge in [0.15, 0.2) is 11.5 Å². The van der Waals surface area contributed by atoms with Gasteiger partial charge < -0.3 is 29.0 Å². The van der Waals surface area contributed by atoms with Crippen LogP contribution in [0.3, 0.4) is 0 Å². The zero-order chi connectivity index (χ0) is 28.4. The fraction of sp³-hybridized carbons (Fsp3) is 0.467. The average molecular weight is 553 g/mol. The van der Waals surface area contributed by atoms with Crippen molar-refractivity contribution in [3.63, 3.8) is 0 Å². The van der Waals surface area contributed by atoms with Crippen LogP contribution in [0.15, 0.2) is 60.9 Å².